The van der Waals surface area contributed by atoms with Crippen LogP contribution in [0.15, 0.2) is 58.5 Å². The number of nitrogens with zero attached hydrogens (tertiary/aromatic N) is 2. The van der Waals surface area contributed by atoms with E-state index in [9.17, 15) is 10.2 Å². The zero-order valence-electron chi connectivity index (χ0n) is 17.8. The van der Waals surface area contributed by atoms with E-state index in [2.05, 4.69) is 9.98 Å². The van der Waals surface area contributed by atoms with Gasteiger partial charge in [0.05, 0.1) is 11.4 Å². The molecule has 0 fully saturated rings. The zero-order valence-corrected chi connectivity index (χ0v) is 20.9. The van der Waals surface area contributed by atoms with Gasteiger partial charge in [0.25, 0.3) is 0 Å². The molecule has 0 bridgehead atoms. The molecule has 2 N–H and O–H groups in total. The molecule has 0 heterocycles. The second-order valence-electron chi connectivity index (χ2n) is 7.12. The molecule has 3 aromatic rings. The van der Waals surface area contributed by atoms with Crippen LogP contribution in [0.5, 0.6) is 11.5 Å². The van der Waals surface area contributed by atoms with Crippen LogP contribution in [-0.2, 0) is 17.0 Å². The van der Waals surface area contributed by atoms with Crippen molar-refractivity contribution in [3.05, 3.63) is 81.9 Å². The summed E-state index contributed by atoms with van der Waals surface area (Å²) in [6, 6.07) is 15.2. The molecule has 160 valence electrons. The van der Waals surface area contributed by atoms with Gasteiger partial charge in [-0.25, -0.2) is 0 Å². The molecule has 0 unspecified atom stereocenters. The van der Waals surface area contributed by atoms with Crippen molar-refractivity contribution in [3.8, 4) is 11.5 Å². The van der Waals surface area contributed by atoms with Gasteiger partial charge in [0.2, 0.25) is 0 Å². The zero-order chi connectivity index (χ0) is 23.0. The second-order valence-corrected chi connectivity index (χ2v) is 9.69. The fraction of sp³-hybridized carbons (Fsp3) is 0.167. The van der Waals surface area contributed by atoms with Crippen LogP contribution in [0.3, 0.4) is 0 Å². The van der Waals surface area contributed by atoms with E-state index >= 15 is 0 Å². The van der Waals surface area contributed by atoms with E-state index in [0.717, 1.165) is 22.3 Å². The van der Waals surface area contributed by atoms with Crippen molar-refractivity contribution in [2.75, 3.05) is 0 Å². The Balaban J connectivity index is 0.00000107. The van der Waals surface area contributed by atoms with Crippen molar-refractivity contribution >= 4 is 42.4 Å². The Labute approximate surface area is 200 Å². The molecule has 0 spiro atoms. The van der Waals surface area contributed by atoms with Crippen LogP contribution in [0.25, 0.3) is 0 Å². The minimum absolute atomic E-state index is 0.232. The molecule has 3 aromatic carbocycles. The third-order valence-electron chi connectivity index (χ3n) is 4.52. The van der Waals surface area contributed by atoms with Gasteiger partial charge in [0.1, 0.15) is 11.5 Å². The number of hydrogen-bond acceptors (Lipinski definition) is 4. The van der Waals surface area contributed by atoms with E-state index in [1.165, 1.54) is 0 Å². The van der Waals surface area contributed by atoms with Crippen molar-refractivity contribution in [1.82, 2.24) is 0 Å². The summed E-state index contributed by atoms with van der Waals surface area (Å²) in [4.78, 5) is 9.06. The SMILES string of the molecule is Cc1cc(C)c(O)c(C=Nc2ccccc2N=Cc2cc(C)cc(C)c2O)c1.[Cl][Ti][Cl]. The molecule has 0 aliphatic heterocycles. The number of halogens is 2. The Morgan fingerprint density at radius 2 is 1.06 bits per heavy atom. The number of aliphatic imine (C=N–C) groups is 2. The minimum atomic E-state index is -0.556. The number of aromatic hydroxyl groups is 2. The van der Waals surface area contributed by atoms with Crippen LogP contribution in [-0.4, -0.2) is 22.6 Å². The first-order chi connectivity index (χ1) is 14.8. The van der Waals surface area contributed by atoms with Crippen molar-refractivity contribution in [1.29, 1.82) is 0 Å². The van der Waals surface area contributed by atoms with Crippen molar-refractivity contribution in [2.24, 2.45) is 9.98 Å². The average Bonchev–Trinajstić information content (AvgIpc) is 2.72. The summed E-state index contributed by atoms with van der Waals surface area (Å²) in [6.45, 7) is 7.71. The van der Waals surface area contributed by atoms with E-state index in [0.29, 0.717) is 22.5 Å². The molecule has 3 rings (SSSR count). The van der Waals surface area contributed by atoms with E-state index in [4.69, 9.17) is 18.6 Å². The summed E-state index contributed by atoms with van der Waals surface area (Å²) in [5.74, 6) is 0.464. The van der Waals surface area contributed by atoms with E-state index in [-0.39, 0.29) is 11.5 Å². The Hall–Kier alpha value is -2.11. The summed E-state index contributed by atoms with van der Waals surface area (Å²) in [7, 11) is 9.78. The maximum atomic E-state index is 10.3. The van der Waals surface area contributed by atoms with E-state index in [1.807, 2.05) is 76.2 Å². The predicted molar refractivity (Wildman–Crippen MR) is 128 cm³/mol. The summed E-state index contributed by atoms with van der Waals surface area (Å²) >= 11 is -0.556. The summed E-state index contributed by atoms with van der Waals surface area (Å²) in [5.41, 5.74) is 6.46. The van der Waals surface area contributed by atoms with Gasteiger partial charge < -0.3 is 10.2 Å². The van der Waals surface area contributed by atoms with E-state index < -0.39 is 17.0 Å². The van der Waals surface area contributed by atoms with Crippen molar-refractivity contribution in [2.45, 2.75) is 27.7 Å². The van der Waals surface area contributed by atoms with Gasteiger partial charge in [-0.3, -0.25) is 9.98 Å². The Morgan fingerprint density at radius 3 is 1.42 bits per heavy atom. The molecule has 0 radical (unpaired) electrons. The number of benzene rings is 3. The third-order valence-corrected chi connectivity index (χ3v) is 4.52. The Bertz CT molecular complexity index is 1030. The number of phenols is 2. The number of aryl methyl sites for hydroxylation is 4. The number of phenolic OH excluding ortho intramolecular Hbond substituents is 2. The van der Waals surface area contributed by atoms with Gasteiger partial charge in [0.15, 0.2) is 0 Å². The van der Waals surface area contributed by atoms with Crippen molar-refractivity contribution in [3.63, 3.8) is 0 Å². The van der Waals surface area contributed by atoms with Gasteiger partial charge in [-0.1, -0.05) is 24.3 Å². The molecule has 0 saturated carbocycles. The van der Waals surface area contributed by atoms with Crippen LogP contribution in [0, 0.1) is 27.7 Å². The van der Waals surface area contributed by atoms with Gasteiger partial charge in [-0.05, 0) is 74.2 Å². The van der Waals surface area contributed by atoms with Crippen LogP contribution >= 0.6 is 18.6 Å². The third kappa shape index (κ3) is 7.22. The number of para-hydroxylation sites is 2. The van der Waals surface area contributed by atoms with Gasteiger partial charge >= 0.3 is 35.6 Å². The standard InChI is InChI=1S/C24H24N2O2.2ClH.Ti/c1-15-9-17(3)23(27)19(11-15)13-25-21-7-5-6-8-22(21)26-14-20-12-16(2)10-18(4)24(20)28;;;/h5-14,27-28H,1-4H3;2*1H;/q;;;+2/p-2. The van der Waals surface area contributed by atoms with Crippen LogP contribution in [0.2, 0.25) is 0 Å². The van der Waals surface area contributed by atoms with Crippen LogP contribution in [0.1, 0.15) is 33.4 Å². The maximum absolute atomic E-state index is 10.3. The number of rotatable bonds is 4. The normalized spacial score (nSPS) is 10.9. The summed E-state index contributed by atoms with van der Waals surface area (Å²) in [5, 5.41) is 20.5. The molecule has 31 heavy (non-hydrogen) atoms. The Morgan fingerprint density at radius 1 is 0.710 bits per heavy atom. The molecule has 0 aliphatic rings. The van der Waals surface area contributed by atoms with Gasteiger partial charge in [-0.15, -0.1) is 0 Å². The van der Waals surface area contributed by atoms with Crippen LogP contribution < -0.4 is 0 Å². The molecule has 0 atom stereocenters. The first kappa shape index (κ1) is 25.2. The van der Waals surface area contributed by atoms with Crippen LogP contribution in [0.4, 0.5) is 11.4 Å². The summed E-state index contributed by atoms with van der Waals surface area (Å²) in [6.07, 6.45) is 3.30. The number of hydrogen-bond donors (Lipinski definition) is 2. The van der Waals surface area contributed by atoms with E-state index in [1.54, 1.807) is 12.4 Å². The van der Waals surface area contributed by atoms with Gasteiger partial charge in [0, 0.05) is 23.6 Å². The monoisotopic (exact) mass is 490 g/mol. The molecule has 4 nitrogen and oxygen atoms in total. The molecule has 7 heteroatoms. The molecular weight excluding hydrogens is 467 g/mol. The molecular formula is C24H24Cl2N2O2Ti. The van der Waals surface area contributed by atoms with Crippen molar-refractivity contribution < 1.29 is 27.2 Å². The first-order valence-electron chi connectivity index (χ1n) is 9.50. The average molecular weight is 491 g/mol. The fourth-order valence-electron chi connectivity index (χ4n) is 3.14. The fourth-order valence-corrected chi connectivity index (χ4v) is 3.14. The molecule has 0 aromatic heterocycles. The van der Waals surface area contributed by atoms with Gasteiger partial charge in [-0.2, -0.15) is 0 Å². The first-order valence-corrected chi connectivity index (χ1v) is 13.8. The Kier molecular flexibility index (Phi) is 9.79. The molecule has 0 aliphatic carbocycles. The second kappa shape index (κ2) is 12.1. The summed E-state index contributed by atoms with van der Waals surface area (Å²) < 4.78 is 0. The predicted octanol–water partition coefficient (Wildman–Crippen LogP) is 7.21. The molecule has 0 saturated heterocycles. The molecule has 0 amide bonds. The quantitative estimate of drug-likeness (QED) is 0.299. The topological polar surface area (TPSA) is 65.2 Å².